The van der Waals surface area contributed by atoms with Crippen LogP contribution in [0.25, 0.3) is 0 Å². The molecule has 4 aliphatic heterocycles. The van der Waals surface area contributed by atoms with Gasteiger partial charge in [0.1, 0.15) is 5.82 Å². The number of likely N-dealkylation sites (tertiary alicyclic amines) is 1. The summed E-state index contributed by atoms with van der Waals surface area (Å²) in [5.74, 6) is 0.0719. The Kier molecular flexibility index (Phi) is 4.23. The smallest absolute Gasteiger partial charge is 0.223 e. The van der Waals surface area contributed by atoms with Crippen LogP contribution in [-0.2, 0) is 9.59 Å². The van der Waals surface area contributed by atoms with Crippen LogP contribution in [0.5, 0.6) is 0 Å². The van der Waals surface area contributed by atoms with Crippen LogP contribution in [0.4, 0.5) is 4.39 Å². The van der Waals surface area contributed by atoms with Gasteiger partial charge < -0.3 is 10.6 Å². The van der Waals surface area contributed by atoms with Crippen molar-refractivity contribution in [2.45, 2.75) is 43.7 Å². The topological polar surface area (TPSA) is 66.6 Å². The van der Waals surface area contributed by atoms with Crippen LogP contribution in [0.15, 0.2) is 24.3 Å². The summed E-state index contributed by atoms with van der Waals surface area (Å²) in [6, 6.07) is 7.19. The molecule has 3 atom stereocenters. The van der Waals surface area contributed by atoms with Crippen molar-refractivity contribution in [3.8, 4) is 0 Å². The summed E-state index contributed by atoms with van der Waals surface area (Å²) >= 11 is 0. The SMILES string of the molecule is NC(=O)CCC(=O)N1C[C@H](c2ccc(F)cc2)[C@H]2[C@@H]1C1CCN2CC1. The van der Waals surface area contributed by atoms with Crippen LogP contribution in [0.1, 0.15) is 37.2 Å². The minimum Gasteiger partial charge on any atom is -0.370 e. The first-order chi connectivity index (χ1) is 12.0. The Labute approximate surface area is 147 Å². The summed E-state index contributed by atoms with van der Waals surface area (Å²) in [5.41, 5.74) is 6.30. The second-order valence-corrected chi connectivity index (χ2v) is 7.53. The Balaban J connectivity index is 1.62. The number of hydrogen-bond acceptors (Lipinski definition) is 3. The Morgan fingerprint density at radius 3 is 2.40 bits per heavy atom. The maximum Gasteiger partial charge on any atom is 0.223 e. The van der Waals surface area contributed by atoms with Crippen LogP contribution >= 0.6 is 0 Å². The van der Waals surface area contributed by atoms with E-state index in [9.17, 15) is 14.0 Å². The lowest BCUT2D eigenvalue weighted by molar-refractivity contribution is -0.137. The van der Waals surface area contributed by atoms with Gasteiger partial charge in [-0.25, -0.2) is 4.39 Å². The first-order valence-corrected chi connectivity index (χ1v) is 9.12. The zero-order valence-corrected chi connectivity index (χ0v) is 14.2. The number of nitrogens with two attached hydrogens (primary N) is 1. The van der Waals surface area contributed by atoms with Crippen molar-refractivity contribution in [2.75, 3.05) is 19.6 Å². The minimum atomic E-state index is -0.437. The molecule has 0 aliphatic carbocycles. The van der Waals surface area contributed by atoms with Gasteiger partial charge >= 0.3 is 0 Å². The highest BCUT2D eigenvalue weighted by molar-refractivity contribution is 5.83. The molecule has 1 aromatic carbocycles. The van der Waals surface area contributed by atoms with Crippen molar-refractivity contribution in [1.29, 1.82) is 0 Å². The third-order valence-electron chi connectivity index (χ3n) is 6.20. The molecular weight excluding hydrogens is 321 g/mol. The lowest BCUT2D eigenvalue weighted by atomic mass is 9.75. The van der Waals surface area contributed by atoms with Crippen molar-refractivity contribution < 1.29 is 14.0 Å². The van der Waals surface area contributed by atoms with E-state index in [1.165, 1.54) is 12.1 Å². The minimum absolute atomic E-state index is 0.0205. The number of rotatable bonds is 4. The van der Waals surface area contributed by atoms with Crippen molar-refractivity contribution >= 4 is 11.8 Å². The van der Waals surface area contributed by atoms with E-state index in [-0.39, 0.29) is 36.5 Å². The quantitative estimate of drug-likeness (QED) is 0.899. The number of benzene rings is 1. The van der Waals surface area contributed by atoms with Gasteiger partial charge in [0.05, 0.1) is 6.04 Å². The Hall–Kier alpha value is -1.95. The summed E-state index contributed by atoms with van der Waals surface area (Å²) in [7, 11) is 0. The molecule has 4 aliphatic rings. The van der Waals surface area contributed by atoms with E-state index in [1.54, 1.807) is 0 Å². The second-order valence-electron chi connectivity index (χ2n) is 7.53. The van der Waals surface area contributed by atoms with Gasteiger partial charge in [0.15, 0.2) is 0 Å². The molecule has 0 saturated carbocycles. The fourth-order valence-electron chi connectivity index (χ4n) is 5.08. The molecule has 0 radical (unpaired) electrons. The summed E-state index contributed by atoms with van der Waals surface area (Å²) in [6.45, 7) is 2.80. The lowest BCUT2D eigenvalue weighted by Gasteiger charge is -2.51. The summed E-state index contributed by atoms with van der Waals surface area (Å²) in [5, 5.41) is 0. The average Bonchev–Trinajstić information content (AvgIpc) is 3.04. The number of carbonyl (C=O) groups is 2. The monoisotopic (exact) mass is 345 g/mol. The summed E-state index contributed by atoms with van der Waals surface area (Å²) in [6.07, 6.45) is 2.53. The molecular formula is C19H24FN3O2. The van der Waals surface area contributed by atoms with Gasteiger partial charge in [-0.2, -0.15) is 0 Å². The number of carbonyl (C=O) groups excluding carboxylic acids is 2. The number of fused-ring (bicyclic) bond motifs is 2. The van der Waals surface area contributed by atoms with E-state index in [0.717, 1.165) is 31.5 Å². The number of amides is 2. The first kappa shape index (κ1) is 16.5. The fraction of sp³-hybridized carbons (Fsp3) is 0.579. The molecule has 6 heteroatoms. The van der Waals surface area contributed by atoms with Gasteiger partial charge in [0.25, 0.3) is 0 Å². The fourth-order valence-corrected chi connectivity index (χ4v) is 5.08. The molecule has 25 heavy (non-hydrogen) atoms. The van der Waals surface area contributed by atoms with E-state index in [4.69, 9.17) is 5.73 Å². The second kappa shape index (κ2) is 6.41. The number of halogens is 1. The predicted octanol–water partition coefficient (Wildman–Crippen LogP) is 1.48. The lowest BCUT2D eigenvalue weighted by Crippen LogP contribution is -2.60. The maximum atomic E-state index is 13.3. The zero-order valence-electron chi connectivity index (χ0n) is 14.2. The molecule has 4 fully saturated rings. The highest BCUT2D eigenvalue weighted by atomic mass is 19.1. The molecule has 4 heterocycles. The maximum absolute atomic E-state index is 13.3. The van der Waals surface area contributed by atoms with E-state index >= 15 is 0 Å². The molecule has 2 bridgehead atoms. The molecule has 134 valence electrons. The summed E-state index contributed by atoms with van der Waals surface area (Å²) in [4.78, 5) is 28.3. The first-order valence-electron chi connectivity index (χ1n) is 9.12. The predicted molar refractivity (Wildman–Crippen MR) is 91.2 cm³/mol. The summed E-state index contributed by atoms with van der Waals surface area (Å²) < 4.78 is 13.3. The Bertz CT molecular complexity index is 670. The van der Waals surface area contributed by atoms with Crippen LogP contribution in [0, 0.1) is 11.7 Å². The average molecular weight is 345 g/mol. The van der Waals surface area contributed by atoms with E-state index in [1.807, 2.05) is 17.0 Å². The Morgan fingerprint density at radius 1 is 1.08 bits per heavy atom. The normalized spacial score (nSPS) is 33.3. The van der Waals surface area contributed by atoms with Crippen molar-refractivity contribution in [3.63, 3.8) is 0 Å². The van der Waals surface area contributed by atoms with Gasteiger partial charge in [-0.15, -0.1) is 0 Å². The molecule has 4 saturated heterocycles. The highest BCUT2D eigenvalue weighted by Crippen LogP contribution is 2.46. The molecule has 0 spiro atoms. The molecule has 1 aromatic rings. The van der Waals surface area contributed by atoms with Gasteiger partial charge in [-0.05, 0) is 49.5 Å². The molecule has 0 aromatic heterocycles. The number of nitrogens with zero attached hydrogens (tertiary/aromatic N) is 2. The van der Waals surface area contributed by atoms with E-state index in [2.05, 4.69) is 4.90 Å². The number of piperidine rings is 3. The number of hydrogen-bond donors (Lipinski definition) is 1. The van der Waals surface area contributed by atoms with Gasteiger partial charge in [-0.3, -0.25) is 14.5 Å². The Morgan fingerprint density at radius 2 is 1.76 bits per heavy atom. The van der Waals surface area contributed by atoms with Crippen molar-refractivity contribution in [3.05, 3.63) is 35.6 Å². The van der Waals surface area contributed by atoms with Gasteiger partial charge in [0, 0.05) is 31.3 Å². The largest absolute Gasteiger partial charge is 0.370 e. The molecule has 0 unspecified atom stereocenters. The van der Waals surface area contributed by atoms with Gasteiger partial charge in [-0.1, -0.05) is 12.1 Å². The van der Waals surface area contributed by atoms with Crippen molar-refractivity contribution in [1.82, 2.24) is 9.80 Å². The number of primary amides is 1. The molecule has 2 amide bonds. The van der Waals surface area contributed by atoms with Crippen LogP contribution in [-0.4, -0.2) is 53.3 Å². The molecule has 2 N–H and O–H groups in total. The zero-order chi connectivity index (χ0) is 17.6. The highest BCUT2D eigenvalue weighted by Gasteiger charge is 2.54. The van der Waals surface area contributed by atoms with Crippen molar-refractivity contribution in [2.24, 2.45) is 11.7 Å². The van der Waals surface area contributed by atoms with Crippen LogP contribution < -0.4 is 5.73 Å². The van der Waals surface area contributed by atoms with Crippen LogP contribution in [0.2, 0.25) is 0 Å². The van der Waals surface area contributed by atoms with E-state index < -0.39 is 5.91 Å². The van der Waals surface area contributed by atoms with Gasteiger partial charge in [0.2, 0.25) is 11.8 Å². The van der Waals surface area contributed by atoms with E-state index in [0.29, 0.717) is 18.5 Å². The molecule has 5 nitrogen and oxygen atoms in total. The third-order valence-corrected chi connectivity index (χ3v) is 6.20. The molecule has 5 rings (SSSR count). The standard InChI is InChI=1S/C19H24FN3O2/c20-14-3-1-12(2-4-14)15-11-23(17(25)6-5-16(21)24)18-13-7-9-22(10-8-13)19(15)18/h1-4,13,15,18-19H,5-11H2,(H2,21,24)/t15-,18+,19+/m1/s1. The van der Waals surface area contributed by atoms with Crippen LogP contribution in [0.3, 0.4) is 0 Å². The third kappa shape index (κ3) is 2.92.